The van der Waals surface area contributed by atoms with Crippen LogP contribution in [0, 0.1) is 12.7 Å². The zero-order chi connectivity index (χ0) is 18.8. The van der Waals surface area contributed by atoms with Crippen LogP contribution in [0.15, 0.2) is 40.5 Å². The first-order valence-electron chi connectivity index (χ1n) is 8.04. The third-order valence-electron chi connectivity index (χ3n) is 4.02. The Morgan fingerprint density at radius 3 is 2.73 bits per heavy atom. The van der Waals surface area contributed by atoms with E-state index in [2.05, 4.69) is 10.1 Å². The Bertz CT molecular complexity index is 897. The number of hydrogen-bond acceptors (Lipinski definition) is 3. The quantitative estimate of drug-likeness (QED) is 0.505. The van der Waals surface area contributed by atoms with E-state index in [1.807, 2.05) is 38.1 Å². The molecule has 2 aromatic carbocycles. The van der Waals surface area contributed by atoms with Gasteiger partial charge in [0.15, 0.2) is 6.10 Å². The van der Waals surface area contributed by atoms with Crippen LogP contribution in [0.3, 0.4) is 0 Å². The minimum Gasteiger partial charge on any atom is -0.387 e. The number of aryl methyl sites for hydroxylation is 1. The first-order chi connectivity index (χ1) is 12.3. The predicted octanol–water partition coefficient (Wildman–Crippen LogP) is 5.53. The summed E-state index contributed by atoms with van der Waals surface area (Å²) < 4.78 is 14.1. The Kier molecular flexibility index (Phi) is 5.49. The summed E-state index contributed by atoms with van der Waals surface area (Å²) in [7, 11) is 3.78. The van der Waals surface area contributed by atoms with Crippen LogP contribution < -0.4 is 0 Å². The van der Waals surface area contributed by atoms with Gasteiger partial charge in [-0.2, -0.15) is 0 Å². The van der Waals surface area contributed by atoms with Gasteiger partial charge in [-0.25, -0.2) is 9.38 Å². The molecule has 0 fully saturated rings. The van der Waals surface area contributed by atoms with E-state index < -0.39 is 5.82 Å². The first-order valence-corrected chi connectivity index (χ1v) is 8.79. The van der Waals surface area contributed by atoms with Gasteiger partial charge in [-0.1, -0.05) is 28.4 Å². The van der Waals surface area contributed by atoms with Crippen molar-refractivity contribution in [1.82, 2.24) is 4.90 Å². The van der Waals surface area contributed by atoms with Crippen molar-refractivity contribution < 1.29 is 9.23 Å². The van der Waals surface area contributed by atoms with E-state index in [-0.39, 0.29) is 6.10 Å². The number of aliphatic imine (C=N–C) groups is 1. The molecule has 2 aromatic rings. The Morgan fingerprint density at radius 1 is 1.27 bits per heavy atom. The fraction of sp³-hybridized carbons (Fsp3) is 0.263. The van der Waals surface area contributed by atoms with Crippen LogP contribution >= 0.6 is 23.2 Å². The minimum absolute atomic E-state index is 0.315. The van der Waals surface area contributed by atoms with Crippen LogP contribution in [0.25, 0.3) is 0 Å². The molecule has 1 unspecified atom stereocenters. The lowest BCUT2D eigenvalue weighted by Gasteiger charge is -2.14. The average molecular weight is 394 g/mol. The Labute approximate surface area is 161 Å². The molecule has 0 saturated carbocycles. The molecule has 4 nitrogen and oxygen atoms in total. The molecule has 1 heterocycles. The van der Waals surface area contributed by atoms with Crippen LogP contribution in [-0.4, -0.2) is 31.0 Å². The second-order valence-electron chi connectivity index (χ2n) is 6.33. The number of nitrogens with zero attached hydrogens (tertiary/aromatic N) is 3. The van der Waals surface area contributed by atoms with E-state index in [4.69, 9.17) is 28.0 Å². The van der Waals surface area contributed by atoms with E-state index in [0.29, 0.717) is 33.4 Å². The van der Waals surface area contributed by atoms with Crippen molar-refractivity contribution in [3.05, 3.63) is 62.9 Å². The molecule has 0 aromatic heterocycles. The maximum absolute atomic E-state index is 14.1. The van der Waals surface area contributed by atoms with Gasteiger partial charge in [0.25, 0.3) is 0 Å². The molecule has 0 spiro atoms. The molecular formula is C19H18Cl2FN3O. The second kappa shape index (κ2) is 7.64. The Hall–Kier alpha value is -2.11. The second-order valence-corrected chi connectivity index (χ2v) is 7.17. The SMILES string of the molecule is Cc1cc(/N=C\N(C)C)c(Cl)cc1C1CC(c2ccc(Cl)cc2F)=NO1. The predicted molar refractivity (Wildman–Crippen MR) is 104 cm³/mol. The molecule has 0 bridgehead atoms. The van der Waals surface area contributed by atoms with Gasteiger partial charge in [0.05, 0.1) is 22.8 Å². The lowest BCUT2D eigenvalue weighted by Crippen LogP contribution is -2.07. The highest BCUT2D eigenvalue weighted by Crippen LogP contribution is 2.37. The van der Waals surface area contributed by atoms with Crippen LogP contribution in [0.4, 0.5) is 10.1 Å². The largest absolute Gasteiger partial charge is 0.387 e. The molecule has 136 valence electrons. The van der Waals surface area contributed by atoms with Gasteiger partial charge in [0, 0.05) is 31.1 Å². The molecule has 1 atom stereocenters. The van der Waals surface area contributed by atoms with Gasteiger partial charge in [0.2, 0.25) is 0 Å². The summed E-state index contributed by atoms with van der Waals surface area (Å²) in [6, 6.07) is 8.26. The third kappa shape index (κ3) is 4.00. The summed E-state index contributed by atoms with van der Waals surface area (Å²) in [6.45, 7) is 1.96. The molecule has 1 aliphatic rings. The van der Waals surface area contributed by atoms with Crippen molar-refractivity contribution >= 4 is 40.9 Å². The van der Waals surface area contributed by atoms with E-state index in [1.165, 1.54) is 6.07 Å². The van der Waals surface area contributed by atoms with Crippen LogP contribution in [0.2, 0.25) is 10.0 Å². The lowest BCUT2D eigenvalue weighted by atomic mass is 9.96. The van der Waals surface area contributed by atoms with E-state index >= 15 is 0 Å². The van der Waals surface area contributed by atoms with Gasteiger partial charge >= 0.3 is 0 Å². The average Bonchev–Trinajstić information content (AvgIpc) is 3.04. The maximum atomic E-state index is 14.1. The summed E-state index contributed by atoms with van der Waals surface area (Å²) >= 11 is 12.2. The van der Waals surface area contributed by atoms with E-state index in [0.717, 1.165) is 11.1 Å². The standard InChI is InChI=1S/C19H18Cl2FN3O/c1-11-6-18(23-10-25(2)3)15(21)8-14(11)19-9-17(24-26-19)13-5-4-12(20)7-16(13)22/h4-8,10,19H,9H2,1-3H3/b23-10-. The van der Waals surface area contributed by atoms with Crippen LogP contribution in [0.1, 0.15) is 29.2 Å². The molecule has 7 heteroatoms. The highest BCUT2D eigenvalue weighted by Gasteiger charge is 2.27. The summed E-state index contributed by atoms with van der Waals surface area (Å²) in [4.78, 5) is 11.7. The van der Waals surface area contributed by atoms with Gasteiger partial charge < -0.3 is 9.74 Å². The van der Waals surface area contributed by atoms with Gasteiger partial charge in [-0.3, -0.25) is 0 Å². The molecule has 1 aliphatic heterocycles. The summed E-state index contributed by atoms with van der Waals surface area (Å²) in [5.74, 6) is -0.413. The molecule has 0 saturated heterocycles. The topological polar surface area (TPSA) is 37.2 Å². The lowest BCUT2D eigenvalue weighted by molar-refractivity contribution is 0.0853. The fourth-order valence-corrected chi connectivity index (χ4v) is 3.11. The summed E-state index contributed by atoms with van der Waals surface area (Å²) in [6.07, 6.45) is 1.83. The number of oxime groups is 1. The summed E-state index contributed by atoms with van der Waals surface area (Å²) in [5.41, 5.74) is 3.53. The molecule has 0 N–H and O–H groups in total. The zero-order valence-corrected chi connectivity index (χ0v) is 16.1. The Morgan fingerprint density at radius 2 is 2.04 bits per heavy atom. The smallest absolute Gasteiger partial charge is 0.158 e. The zero-order valence-electron chi connectivity index (χ0n) is 14.6. The maximum Gasteiger partial charge on any atom is 0.158 e. The number of hydrogen-bond donors (Lipinski definition) is 0. The number of benzene rings is 2. The van der Waals surface area contributed by atoms with Crippen molar-refractivity contribution in [1.29, 1.82) is 0 Å². The van der Waals surface area contributed by atoms with Gasteiger partial charge in [0.1, 0.15) is 5.82 Å². The highest BCUT2D eigenvalue weighted by molar-refractivity contribution is 6.33. The Balaban J connectivity index is 1.82. The third-order valence-corrected chi connectivity index (χ3v) is 4.56. The van der Waals surface area contributed by atoms with E-state index in [9.17, 15) is 4.39 Å². The minimum atomic E-state index is -0.413. The van der Waals surface area contributed by atoms with Gasteiger partial charge in [-0.15, -0.1) is 0 Å². The molecule has 0 aliphatic carbocycles. The molecule has 3 rings (SSSR count). The van der Waals surface area contributed by atoms with Crippen LogP contribution in [0.5, 0.6) is 0 Å². The van der Waals surface area contributed by atoms with Crippen molar-refractivity contribution in [3.8, 4) is 0 Å². The highest BCUT2D eigenvalue weighted by atomic mass is 35.5. The first kappa shape index (κ1) is 18.7. The molecule has 26 heavy (non-hydrogen) atoms. The van der Waals surface area contributed by atoms with Crippen LogP contribution in [-0.2, 0) is 4.84 Å². The monoisotopic (exact) mass is 393 g/mol. The van der Waals surface area contributed by atoms with Gasteiger partial charge in [-0.05, 0) is 48.4 Å². The number of halogens is 3. The normalized spacial score (nSPS) is 16.7. The van der Waals surface area contributed by atoms with Crippen molar-refractivity contribution in [3.63, 3.8) is 0 Å². The van der Waals surface area contributed by atoms with Crippen molar-refractivity contribution in [2.45, 2.75) is 19.4 Å². The van der Waals surface area contributed by atoms with E-state index in [1.54, 1.807) is 18.5 Å². The van der Waals surface area contributed by atoms with Crippen molar-refractivity contribution in [2.24, 2.45) is 10.1 Å². The fourth-order valence-electron chi connectivity index (χ4n) is 2.73. The molecule has 0 amide bonds. The molecule has 0 radical (unpaired) electrons. The van der Waals surface area contributed by atoms with Crippen molar-refractivity contribution in [2.75, 3.05) is 14.1 Å². The number of rotatable bonds is 4. The summed E-state index contributed by atoms with van der Waals surface area (Å²) in [5, 5.41) is 4.93. The molecular weight excluding hydrogens is 376 g/mol.